The molecule has 2 heterocycles. The third-order valence-electron chi connectivity index (χ3n) is 4.99. The molecule has 2 aromatic carbocycles. The number of allylic oxidation sites excluding steroid dienone is 1. The van der Waals surface area contributed by atoms with Crippen LogP contribution in [0.1, 0.15) is 17.0 Å². The van der Waals surface area contributed by atoms with Gasteiger partial charge in [-0.05, 0) is 29.8 Å². The molecule has 28 heavy (non-hydrogen) atoms. The number of nitriles is 1. The molecule has 0 saturated carbocycles. The fraction of sp³-hybridized carbons (Fsp3) is 0.190. The zero-order chi connectivity index (χ0) is 19.8. The summed E-state index contributed by atoms with van der Waals surface area (Å²) in [5, 5.41) is 20.1. The monoisotopic (exact) mass is 377 g/mol. The van der Waals surface area contributed by atoms with Crippen molar-refractivity contribution in [3.8, 4) is 23.3 Å². The molecular formula is C21H19N3O4. The highest BCUT2D eigenvalue weighted by molar-refractivity contribution is 5.89. The first kappa shape index (κ1) is 17.8. The van der Waals surface area contributed by atoms with Gasteiger partial charge in [0, 0.05) is 23.2 Å². The lowest BCUT2D eigenvalue weighted by atomic mass is 9.83. The molecule has 1 atom stereocenters. The van der Waals surface area contributed by atoms with Crippen LogP contribution in [0.25, 0.3) is 10.9 Å². The van der Waals surface area contributed by atoms with Gasteiger partial charge in [-0.15, -0.1) is 0 Å². The van der Waals surface area contributed by atoms with E-state index < -0.39 is 5.92 Å². The van der Waals surface area contributed by atoms with Crippen LogP contribution in [0.4, 0.5) is 0 Å². The van der Waals surface area contributed by atoms with Crippen molar-refractivity contribution >= 4 is 10.9 Å². The van der Waals surface area contributed by atoms with Gasteiger partial charge < -0.3 is 29.6 Å². The molecule has 0 saturated heterocycles. The number of nitrogens with two attached hydrogens (primary N) is 1. The van der Waals surface area contributed by atoms with E-state index in [0.717, 1.165) is 22.0 Å². The van der Waals surface area contributed by atoms with Gasteiger partial charge in [0.1, 0.15) is 35.6 Å². The smallest absolute Gasteiger partial charge is 0.205 e. The van der Waals surface area contributed by atoms with Gasteiger partial charge in [-0.3, -0.25) is 0 Å². The summed E-state index contributed by atoms with van der Waals surface area (Å²) in [5.41, 5.74) is 8.87. The standard InChI is InChI=1S/C21H19N3O4/c1-26-13-7-12(8-14(9-13)27-2)19-16-3-4-18-15(5-6-24(18)11-25)20(16)28-21(23)17(19)10-22/h3-9,19,25H,11,23H2,1-2H3. The number of methoxy groups -OCH3 is 2. The molecule has 0 radical (unpaired) electrons. The Hall–Kier alpha value is -3.63. The molecule has 1 aromatic heterocycles. The predicted octanol–water partition coefficient (Wildman–Crippen LogP) is 2.83. The van der Waals surface area contributed by atoms with Crippen LogP contribution in [0.3, 0.4) is 0 Å². The van der Waals surface area contributed by atoms with E-state index in [2.05, 4.69) is 6.07 Å². The Morgan fingerprint density at radius 3 is 2.50 bits per heavy atom. The second kappa shape index (κ2) is 6.83. The maximum Gasteiger partial charge on any atom is 0.205 e. The first-order valence-electron chi connectivity index (χ1n) is 8.64. The van der Waals surface area contributed by atoms with Crippen LogP contribution in [0, 0.1) is 11.3 Å². The molecule has 0 aliphatic carbocycles. The van der Waals surface area contributed by atoms with Crippen LogP contribution in [-0.2, 0) is 6.73 Å². The van der Waals surface area contributed by atoms with Gasteiger partial charge in [0.2, 0.25) is 5.88 Å². The zero-order valence-electron chi connectivity index (χ0n) is 15.5. The summed E-state index contributed by atoms with van der Waals surface area (Å²) < 4.78 is 18.3. The number of hydrogen-bond donors (Lipinski definition) is 2. The van der Waals surface area contributed by atoms with Crippen molar-refractivity contribution in [1.29, 1.82) is 5.26 Å². The number of rotatable bonds is 4. The largest absolute Gasteiger partial charge is 0.497 e. The summed E-state index contributed by atoms with van der Waals surface area (Å²) in [6, 6.07) is 13.3. The summed E-state index contributed by atoms with van der Waals surface area (Å²) in [5.74, 6) is 1.44. The molecule has 0 spiro atoms. The van der Waals surface area contributed by atoms with Gasteiger partial charge in [0.15, 0.2) is 0 Å². The molecule has 3 N–H and O–H groups in total. The highest BCUT2D eigenvalue weighted by Gasteiger charge is 2.32. The second-order valence-corrected chi connectivity index (χ2v) is 6.41. The first-order chi connectivity index (χ1) is 13.6. The molecule has 4 rings (SSSR count). The molecule has 7 nitrogen and oxygen atoms in total. The number of aliphatic hydroxyl groups is 1. The lowest BCUT2D eigenvalue weighted by Crippen LogP contribution is -2.21. The molecule has 1 aliphatic heterocycles. The van der Waals surface area contributed by atoms with Gasteiger partial charge in [-0.25, -0.2) is 0 Å². The van der Waals surface area contributed by atoms with Gasteiger partial charge in [-0.1, -0.05) is 6.07 Å². The molecule has 1 aliphatic rings. The summed E-state index contributed by atoms with van der Waals surface area (Å²) >= 11 is 0. The Kier molecular flexibility index (Phi) is 4.34. The summed E-state index contributed by atoms with van der Waals surface area (Å²) in [6.45, 7) is -0.145. The highest BCUT2D eigenvalue weighted by Crippen LogP contribution is 2.46. The van der Waals surface area contributed by atoms with Gasteiger partial charge >= 0.3 is 0 Å². The number of benzene rings is 2. The summed E-state index contributed by atoms with van der Waals surface area (Å²) in [4.78, 5) is 0. The van der Waals surface area contributed by atoms with E-state index in [1.807, 2.05) is 30.3 Å². The van der Waals surface area contributed by atoms with E-state index in [-0.39, 0.29) is 12.6 Å². The minimum atomic E-state index is -0.431. The van der Waals surface area contributed by atoms with Crippen LogP contribution in [0.15, 0.2) is 54.1 Å². The van der Waals surface area contributed by atoms with Gasteiger partial charge in [-0.2, -0.15) is 5.26 Å². The summed E-state index contributed by atoms with van der Waals surface area (Å²) in [6.07, 6.45) is 1.78. The lowest BCUT2D eigenvalue weighted by Gasteiger charge is -2.27. The molecular weight excluding hydrogens is 358 g/mol. The van der Waals surface area contributed by atoms with Crippen molar-refractivity contribution in [2.45, 2.75) is 12.6 Å². The number of hydrogen-bond acceptors (Lipinski definition) is 6. The lowest BCUT2D eigenvalue weighted by molar-refractivity contribution is 0.215. The second-order valence-electron chi connectivity index (χ2n) is 6.41. The van der Waals surface area contributed by atoms with Crippen molar-refractivity contribution in [2.24, 2.45) is 5.73 Å². The minimum absolute atomic E-state index is 0.0611. The molecule has 0 amide bonds. The van der Waals surface area contributed by atoms with E-state index >= 15 is 0 Å². The Morgan fingerprint density at radius 2 is 1.89 bits per heavy atom. The first-order valence-corrected chi connectivity index (χ1v) is 8.64. The van der Waals surface area contributed by atoms with Crippen LogP contribution in [-0.4, -0.2) is 23.9 Å². The van der Waals surface area contributed by atoms with E-state index in [9.17, 15) is 10.4 Å². The van der Waals surface area contributed by atoms with Crippen molar-refractivity contribution in [2.75, 3.05) is 14.2 Å². The quantitative estimate of drug-likeness (QED) is 0.725. The Bertz CT molecular complexity index is 1120. The van der Waals surface area contributed by atoms with E-state index in [1.165, 1.54) is 0 Å². The molecule has 0 fully saturated rings. The average molecular weight is 377 g/mol. The van der Waals surface area contributed by atoms with Gasteiger partial charge in [0.25, 0.3) is 0 Å². The van der Waals surface area contributed by atoms with Crippen molar-refractivity contribution < 1.29 is 19.3 Å². The van der Waals surface area contributed by atoms with Crippen molar-refractivity contribution in [3.05, 3.63) is 65.2 Å². The van der Waals surface area contributed by atoms with Gasteiger partial charge in [0.05, 0.1) is 25.7 Å². The molecule has 1 unspecified atom stereocenters. The normalized spacial score (nSPS) is 15.7. The van der Waals surface area contributed by atoms with Crippen LogP contribution < -0.4 is 19.9 Å². The summed E-state index contributed by atoms with van der Waals surface area (Å²) in [7, 11) is 3.15. The van der Waals surface area contributed by atoms with Crippen molar-refractivity contribution in [1.82, 2.24) is 4.57 Å². The minimum Gasteiger partial charge on any atom is -0.497 e. The van der Waals surface area contributed by atoms with Crippen molar-refractivity contribution in [3.63, 3.8) is 0 Å². The number of ether oxygens (including phenoxy) is 3. The fourth-order valence-corrected chi connectivity index (χ4v) is 3.65. The van der Waals surface area contributed by atoms with Crippen LogP contribution in [0.5, 0.6) is 17.2 Å². The number of aliphatic hydroxyl groups excluding tert-OH is 1. The SMILES string of the molecule is COc1cc(OC)cc(C2C(C#N)=C(N)Oc3c2ccc2c3ccn2CO)c1. The molecule has 7 heteroatoms. The maximum absolute atomic E-state index is 9.76. The number of fused-ring (bicyclic) bond motifs is 3. The predicted molar refractivity (Wildman–Crippen MR) is 103 cm³/mol. The van der Waals surface area contributed by atoms with Crippen LogP contribution >= 0.6 is 0 Å². The molecule has 0 bridgehead atoms. The zero-order valence-corrected chi connectivity index (χ0v) is 15.5. The molecule has 142 valence electrons. The highest BCUT2D eigenvalue weighted by atomic mass is 16.5. The number of nitrogens with zero attached hydrogens (tertiary/aromatic N) is 2. The Labute approximate surface area is 161 Å². The maximum atomic E-state index is 9.76. The topological polar surface area (TPSA) is 103 Å². The van der Waals surface area contributed by atoms with E-state index in [0.29, 0.717) is 22.8 Å². The third kappa shape index (κ3) is 2.63. The third-order valence-corrected chi connectivity index (χ3v) is 4.99. The fourth-order valence-electron chi connectivity index (χ4n) is 3.65. The Morgan fingerprint density at radius 1 is 1.18 bits per heavy atom. The average Bonchev–Trinajstić information content (AvgIpc) is 3.15. The Balaban J connectivity index is 1.98. The van der Waals surface area contributed by atoms with E-state index in [4.69, 9.17) is 19.9 Å². The van der Waals surface area contributed by atoms with E-state index in [1.54, 1.807) is 31.0 Å². The molecule has 3 aromatic rings. The van der Waals surface area contributed by atoms with Crippen LogP contribution in [0.2, 0.25) is 0 Å². The number of aromatic nitrogens is 1.